The Hall–Kier alpha value is -1.43. The quantitative estimate of drug-likeness (QED) is 0.662. The Kier molecular flexibility index (Phi) is 6.35. The number of nitrogens with zero attached hydrogens (tertiary/aromatic N) is 2. The molecule has 0 fully saturated rings. The molecule has 0 amide bonds. The summed E-state index contributed by atoms with van der Waals surface area (Å²) in [5, 5.41) is 14.7. The summed E-state index contributed by atoms with van der Waals surface area (Å²) in [7, 11) is 0. The monoisotopic (exact) mass is 256 g/mol. The van der Waals surface area contributed by atoms with E-state index in [1.165, 1.54) is 0 Å². The van der Waals surface area contributed by atoms with Gasteiger partial charge in [-0.3, -0.25) is 0 Å². The maximum atomic E-state index is 13.5. The molecule has 1 aromatic rings. The van der Waals surface area contributed by atoms with Crippen LogP contribution in [-0.2, 0) is 0 Å². The van der Waals surface area contributed by atoms with Crippen LogP contribution in [-0.4, -0.2) is 34.8 Å². The van der Waals surface area contributed by atoms with Crippen molar-refractivity contribution in [3.63, 3.8) is 0 Å². The zero-order valence-electron chi connectivity index (χ0n) is 10.9. The Morgan fingerprint density at radius 3 is 2.89 bits per heavy atom. The summed E-state index contributed by atoms with van der Waals surface area (Å²) in [6.45, 7) is 5.48. The highest BCUT2D eigenvalue weighted by atomic mass is 19.1. The molecule has 102 valence electrons. The van der Waals surface area contributed by atoms with Gasteiger partial charge in [-0.05, 0) is 18.8 Å². The lowest BCUT2D eigenvalue weighted by atomic mass is 10.1. The first-order valence-electron chi connectivity index (χ1n) is 6.28. The lowest BCUT2D eigenvalue weighted by Crippen LogP contribution is -2.15. The number of hydrogen-bond donors (Lipinski definition) is 3. The van der Waals surface area contributed by atoms with Crippen LogP contribution in [0.25, 0.3) is 0 Å². The third-order valence-corrected chi connectivity index (χ3v) is 2.52. The van der Waals surface area contributed by atoms with Crippen molar-refractivity contribution in [2.75, 3.05) is 30.3 Å². The van der Waals surface area contributed by atoms with Crippen molar-refractivity contribution in [1.29, 1.82) is 0 Å². The van der Waals surface area contributed by atoms with Gasteiger partial charge in [0.1, 0.15) is 0 Å². The fourth-order valence-electron chi connectivity index (χ4n) is 1.41. The Morgan fingerprint density at radius 2 is 2.22 bits per heavy atom. The second-order valence-corrected chi connectivity index (χ2v) is 4.32. The van der Waals surface area contributed by atoms with Crippen molar-refractivity contribution >= 4 is 11.8 Å². The van der Waals surface area contributed by atoms with Gasteiger partial charge in [0.05, 0.1) is 6.20 Å². The van der Waals surface area contributed by atoms with E-state index in [0.29, 0.717) is 18.9 Å². The number of hydrogen-bond acceptors (Lipinski definition) is 5. The summed E-state index contributed by atoms with van der Waals surface area (Å²) >= 11 is 0. The van der Waals surface area contributed by atoms with Crippen molar-refractivity contribution in [1.82, 2.24) is 9.97 Å². The molecule has 0 saturated heterocycles. The third-order valence-electron chi connectivity index (χ3n) is 2.52. The minimum absolute atomic E-state index is 0.137. The highest BCUT2D eigenvalue weighted by Crippen LogP contribution is 2.13. The van der Waals surface area contributed by atoms with E-state index in [4.69, 9.17) is 5.11 Å². The normalized spacial score (nSPS) is 12.2. The van der Waals surface area contributed by atoms with Gasteiger partial charge in [-0.2, -0.15) is 4.98 Å². The van der Waals surface area contributed by atoms with Crippen LogP contribution in [0.2, 0.25) is 0 Å². The highest BCUT2D eigenvalue weighted by molar-refractivity contribution is 5.40. The Morgan fingerprint density at radius 1 is 1.44 bits per heavy atom. The van der Waals surface area contributed by atoms with Crippen LogP contribution in [0.1, 0.15) is 26.7 Å². The highest BCUT2D eigenvalue weighted by Gasteiger charge is 2.08. The van der Waals surface area contributed by atoms with E-state index < -0.39 is 5.82 Å². The average molecular weight is 256 g/mol. The number of aliphatic hydroxyl groups excluding tert-OH is 1. The molecular formula is C12H21FN4O. The SMILES string of the molecule is CCCNc1ncc(F)c(NCC(C)CCO)n1. The second-order valence-electron chi connectivity index (χ2n) is 4.32. The van der Waals surface area contributed by atoms with E-state index in [2.05, 4.69) is 20.6 Å². The van der Waals surface area contributed by atoms with E-state index in [1.54, 1.807) is 0 Å². The van der Waals surface area contributed by atoms with Gasteiger partial charge < -0.3 is 15.7 Å². The lowest BCUT2D eigenvalue weighted by molar-refractivity contribution is 0.265. The molecule has 1 rings (SSSR count). The van der Waals surface area contributed by atoms with Crippen LogP contribution in [0.15, 0.2) is 6.20 Å². The van der Waals surface area contributed by atoms with E-state index >= 15 is 0 Å². The Labute approximate surface area is 107 Å². The van der Waals surface area contributed by atoms with Gasteiger partial charge in [0.15, 0.2) is 11.6 Å². The summed E-state index contributed by atoms with van der Waals surface area (Å²) in [5.41, 5.74) is 0. The molecule has 0 saturated carbocycles. The van der Waals surface area contributed by atoms with Crippen LogP contribution < -0.4 is 10.6 Å². The fourth-order valence-corrected chi connectivity index (χ4v) is 1.41. The molecule has 1 heterocycles. The van der Waals surface area contributed by atoms with Crippen molar-refractivity contribution in [3.8, 4) is 0 Å². The van der Waals surface area contributed by atoms with Crippen molar-refractivity contribution in [3.05, 3.63) is 12.0 Å². The maximum Gasteiger partial charge on any atom is 0.224 e. The fraction of sp³-hybridized carbons (Fsp3) is 0.667. The summed E-state index contributed by atoms with van der Waals surface area (Å²) in [5.74, 6) is 0.425. The van der Waals surface area contributed by atoms with Gasteiger partial charge in [0.25, 0.3) is 0 Å². The summed E-state index contributed by atoms with van der Waals surface area (Å²) in [6, 6.07) is 0. The smallest absolute Gasteiger partial charge is 0.224 e. The number of aromatic nitrogens is 2. The van der Waals surface area contributed by atoms with E-state index in [0.717, 1.165) is 19.2 Å². The van der Waals surface area contributed by atoms with Crippen LogP contribution in [0.4, 0.5) is 16.2 Å². The molecule has 3 N–H and O–H groups in total. The van der Waals surface area contributed by atoms with Crippen LogP contribution in [0, 0.1) is 11.7 Å². The van der Waals surface area contributed by atoms with Crippen molar-refractivity contribution in [2.45, 2.75) is 26.7 Å². The van der Waals surface area contributed by atoms with Crippen LogP contribution >= 0.6 is 0 Å². The first kappa shape index (κ1) is 14.6. The van der Waals surface area contributed by atoms with Crippen molar-refractivity contribution in [2.24, 2.45) is 5.92 Å². The predicted molar refractivity (Wildman–Crippen MR) is 70.1 cm³/mol. The van der Waals surface area contributed by atoms with Gasteiger partial charge in [0.2, 0.25) is 5.95 Å². The summed E-state index contributed by atoms with van der Waals surface area (Å²) < 4.78 is 13.5. The molecule has 0 bridgehead atoms. The zero-order valence-corrected chi connectivity index (χ0v) is 10.9. The topological polar surface area (TPSA) is 70.1 Å². The summed E-state index contributed by atoms with van der Waals surface area (Å²) in [4.78, 5) is 7.93. The Balaban J connectivity index is 2.57. The molecule has 18 heavy (non-hydrogen) atoms. The van der Waals surface area contributed by atoms with Crippen LogP contribution in [0.5, 0.6) is 0 Å². The van der Waals surface area contributed by atoms with Gasteiger partial charge >= 0.3 is 0 Å². The largest absolute Gasteiger partial charge is 0.396 e. The standard InChI is InChI=1S/C12H21FN4O/c1-3-5-14-12-16-8-10(13)11(17-12)15-7-9(2)4-6-18/h8-9,18H,3-7H2,1-2H3,(H2,14,15,16,17). The van der Waals surface area contributed by atoms with Gasteiger partial charge in [-0.25, -0.2) is 9.37 Å². The minimum Gasteiger partial charge on any atom is -0.396 e. The Bertz CT molecular complexity index is 362. The maximum absolute atomic E-state index is 13.5. The molecule has 0 aliphatic rings. The summed E-state index contributed by atoms with van der Waals surface area (Å²) in [6.07, 6.45) is 2.79. The molecule has 0 spiro atoms. The minimum atomic E-state index is -0.465. The first-order valence-corrected chi connectivity index (χ1v) is 6.28. The predicted octanol–water partition coefficient (Wildman–Crippen LogP) is 1.87. The molecule has 0 aliphatic carbocycles. The lowest BCUT2D eigenvalue weighted by Gasteiger charge is -2.12. The van der Waals surface area contributed by atoms with Gasteiger partial charge in [-0.15, -0.1) is 0 Å². The van der Waals surface area contributed by atoms with E-state index in [9.17, 15) is 4.39 Å². The number of nitrogens with one attached hydrogen (secondary N) is 2. The molecule has 0 aliphatic heterocycles. The second kappa shape index (κ2) is 7.81. The average Bonchev–Trinajstić information content (AvgIpc) is 2.36. The number of rotatable bonds is 8. The molecule has 6 heteroatoms. The van der Waals surface area contributed by atoms with E-state index in [-0.39, 0.29) is 18.3 Å². The third kappa shape index (κ3) is 4.83. The number of halogens is 1. The van der Waals surface area contributed by atoms with E-state index in [1.807, 2.05) is 13.8 Å². The number of aliphatic hydroxyl groups is 1. The molecule has 0 radical (unpaired) electrons. The van der Waals surface area contributed by atoms with Gasteiger partial charge in [0, 0.05) is 19.7 Å². The van der Waals surface area contributed by atoms with Crippen LogP contribution in [0.3, 0.4) is 0 Å². The zero-order chi connectivity index (χ0) is 13.4. The molecule has 1 atom stereocenters. The number of anilines is 2. The van der Waals surface area contributed by atoms with Gasteiger partial charge in [-0.1, -0.05) is 13.8 Å². The molecule has 0 aromatic carbocycles. The first-order chi connectivity index (χ1) is 8.67. The molecule has 1 aromatic heterocycles. The molecular weight excluding hydrogens is 235 g/mol. The molecule has 5 nitrogen and oxygen atoms in total. The molecule has 1 unspecified atom stereocenters. The van der Waals surface area contributed by atoms with Crippen molar-refractivity contribution < 1.29 is 9.50 Å².